The molecule has 1 nitrogen and oxygen atoms in total. The smallest absolute Gasteiger partial charge is 0.0996 e. The van der Waals surface area contributed by atoms with Gasteiger partial charge in [0.2, 0.25) is 0 Å². The largest absolute Gasteiger partial charge is 0.384 e. The van der Waals surface area contributed by atoms with Crippen molar-refractivity contribution in [2.75, 3.05) is 0 Å². The van der Waals surface area contributed by atoms with Crippen molar-refractivity contribution < 1.29 is 5.11 Å². The van der Waals surface area contributed by atoms with Crippen molar-refractivity contribution in [3.05, 3.63) is 71.8 Å². The van der Waals surface area contributed by atoms with E-state index in [0.717, 1.165) is 20.9 Å². The molecule has 0 radical (unpaired) electrons. The fourth-order valence-electron chi connectivity index (χ4n) is 1.96. The molecule has 0 aromatic heterocycles. The minimum absolute atomic E-state index is 0.498. The maximum Gasteiger partial charge on any atom is 0.0996 e. The second kappa shape index (κ2) is 4.40. The fourth-order valence-corrected chi connectivity index (χ4v) is 3.10. The van der Waals surface area contributed by atoms with Crippen molar-refractivity contribution in [3.8, 4) is 0 Å². The molecule has 0 aliphatic carbocycles. The van der Waals surface area contributed by atoms with Gasteiger partial charge in [-0.05, 0) is 23.3 Å². The van der Waals surface area contributed by atoms with Crippen molar-refractivity contribution >= 4 is 16.7 Å². The lowest BCUT2D eigenvalue weighted by molar-refractivity contribution is 0.226. The Morgan fingerprint density at radius 3 is 2.41 bits per heavy atom. The molecular weight excluding hydrogens is 228 g/mol. The van der Waals surface area contributed by atoms with Gasteiger partial charge in [0.05, 0.1) is 6.10 Å². The Balaban J connectivity index is 2.02. The molecule has 1 atom stereocenters. The molecule has 17 heavy (non-hydrogen) atoms. The second-order valence-electron chi connectivity index (χ2n) is 3.98. The monoisotopic (exact) mass is 240 g/mol. The van der Waals surface area contributed by atoms with Crippen LogP contribution in [0.4, 0.5) is 0 Å². The summed E-state index contributed by atoms with van der Waals surface area (Å²) in [7, 11) is 0. The maximum atomic E-state index is 10.1. The topological polar surface area (TPSA) is 20.2 Å². The summed E-state index contributed by atoms with van der Waals surface area (Å²) in [5.41, 5.74) is 2.16. The average molecular weight is 240 g/mol. The van der Waals surface area contributed by atoms with Crippen molar-refractivity contribution in [2.45, 2.75) is 11.0 Å². The lowest BCUT2D eigenvalue weighted by Gasteiger charge is -2.20. The standard InChI is InChI=1S/C15H12OS/c16-13-10-15(11-6-2-1-3-7-11)17-14-9-5-4-8-12(13)14/h1-10,13,16H. The number of aliphatic hydroxyl groups is 1. The molecule has 2 aromatic carbocycles. The summed E-state index contributed by atoms with van der Waals surface area (Å²) in [6.07, 6.45) is 1.42. The van der Waals surface area contributed by atoms with E-state index >= 15 is 0 Å². The van der Waals surface area contributed by atoms with E-state index in [1.54, 1.807) is 11.8 Å². The van der Waals surface area contributed by atoms with Gasteiger partial charge in [0.1, 0.15) is 0 Å². The molecule has 1 unspecified atom stereocenters. The molecule has 0 bridgehead atoms. The van der Waals surface area contributed by atoms with Gasteiger partial charge in [-0.2, -0.15) is 0 Å². The van der Waals surface area contributed by atoms with Crippen molar-refractivity contribution in [3.63, 3.8) is 0 Å². The fraction of sp³-hybridized carbons (Fsp3) is 0.0667. The third-order valence-electron chi connectivity index (χ3n) is 2.83. The molecule has 0 spiro atoms. The number of thioether (sulfide) groups is 1. The molecule has 2 aromatic rings. The first-order valence-electron chi connectivity index (χ1n) is 5.57. The summed E-state index contributed by atoms with van der Waals surface area (Å²) in [6, 6.07) is 18.2. The first kappa shape index (κ1) is 10.6. The van der Waals surface area contributed by atoms with E-state index in [4.69, 9.17) is 0 Å². The maximum absolute atomic E-state index is 10.1. The van der Waals surface area contributed by atoms with Gasteiger partial charge in [0, 0.05) is 9.80 Å². The summed E-state index contributed by atoms with van der Waals surface area (Å²) >= 11 is 1.71. The van der Waals surface area contributed by atoms with Crippen molar-refractivity contribution in [1.82, 2.24) is 0 Å². The van der Waals surface area contributed by atoms with Gasteiger partial charge in [0.15, 0.2) is 0 Å². The van der Waals surface area contributed by atoms with E-state index in [0.29, 0.717) is 0 Å². The average Bonchev–Trinajstić information content (AvgIpc) is 2.40. The van der Waals surface area contributed by atoms with Gasteiger partial charge >= 0.3 is 0 Å². The number of aliphatic hydroxyl groups excluding tert-OH is 1. The van der Waals surface area contributed by atoms with Crippen molar-refractivity contribution in [1.29, 1.82) is 0 Å². The third kappa shape index (κ3) is 2.02. The van der Waals surface area contributed by atoms with E-state index < -0.39 is 6.10 Å². The highest BCUT2D eigenvalue weighted by Crippen LogP contribution is 2.43. The van der Waals surface area contributed by atoms with Gasteiger partial charge in [-0.15, -0.1) is 0 Å². The van der Waals surface area contributed by atoms with Crippen LogP contribution in [0.3, 0.4) is 0 Å². The van der Waals surface area contributed by atoms with Crippen LogP contribution in [-0.2, 0) is 0 Å². The van der Waals surface area contributed by atoms with E-state index in [-0.39, 0.29) is 0 Å². The molecule has 1 aliphatic heterocycles. The summed E-state index contributed by atoms with van der Waals surface area (Å²) in [5, 5.41) is 10.1. The summed E-state index contributed by atoms with van der Waals surface area (Å²) in [6.45, 7) is 0. The molecule has 0 amide bonds. The number of hydrogen-bond acceptors (Lipinski definition) is 2. The first-order chi connectivity index (χ1) is 8.34. The number of hydrogen-bond donors (Lipinski definition) is 1. The zero-order valence-electron chi connectivity index (χ0n) is 9.21. The molecular formula is C15H12OS. The highest BCUT2D eigenvalue weighted by atomic mass is 32.2. The van der Waals surface area contributed by atoms with E-state index in [9.17, 15) is 5.11 Å². The van der Waals surface area contributed by atoms with Crippen LogP contribution in [0.25, 0.3) is 4.91 Å². The summed E-state index contributed by atoms with van der Waals surface area (Å²) in [4.78, 5) is 2.26. The van der Waals surface area contributed by atoms with Crippen LogP contribution in [0.2, 0.25) is 0 Å². The van der Waals surface area contributed by atoms with Gasteiger partial charge in [-0.1, -0.05) is 60.3 Å². The zero-order valence-corrected chi connectivity index (χ0v) is 10.0. The lowest BCUT2D eigenvalue weighted by Crippen LogP contribution is -2.01. The molecule has 0 saturated carbocycles. The van der Waals surface area contributed by atoms with Crippen LogP contribution >= 0.6 is 11.8 Å². The third-order valence-corrected chi connectivity index (χ3v) is 4.01. The van der Waals surface area contributed by atoms with Gasteiger partial charge in [-0.25, -0.2) is 0 Å². The minimum Gasteiger partial charge on any atom is -0.384 e. The van der Waals surface area contributed by atoms with Crippen LogP contribution in [0.15, 0.2) is 65.6 Å². The van der Waals surface area contributed by atoms with Gasteiger partial charge in [-0.3, -0.25) is 0 Å². The van der Waals surface area contributed by atoms with E-state index in [2.05, 4.69) is 18.2 Å². The Hall–Kier alpha value is -1.51. The van der Waals surface area contributed by atoms with Crippen LogP contribution in [0.5, 0.6) is 0 Å². The molecule has 2 heteroatoms. The van der Waals surface area contributed by atoms with Crippen LogP contribution < -0.4 is 0 Å². The first-order valence-corrected chi connectivity index (χ1v) is 6.38. The summed E-state index contributed by atoms with van der Waals surface area (Å²) < 4.78 is 0. The molecule has 1 aliphatic rings. The molecule has 1 heterocycles. The quantitative estimate of drug-likeness (QED) is 0.816. The highest BCUT2D eigenvalue weighted by Gasteiger charge is 2.18. The molecule has 0 fully saturated rings. The number of rotatable bonds is 1. The zero-order chi connectivity index (χ0) is 11.7. The highest BCUT2D eigenvalue weighted by molar-refractivity contribution is 8.08. The predicted molar refractivity (Wildman–Crippen MR) is 71.7 cm³/mol. The normalized spacial score (nSPS) is 18.4. The van der Waals surface area contributed by atoms with E-state index in [1.165, 1.54) is 0 Å². The van der Waals surface area contributed by atoms with Crippen LogP contribution in [0.1, 0.15) is 17.2 Å². The Labute approximate surface area is 105 Å². The predicted octanol–water partition coefficient (Wildman–Crippen LogP) is 3.87. The SMILES string of the molecule is OC1C=C(c2ccccc2)Sc2ccccc21. The Morgan fingerprint density at radius 2 is 1.59 bits per heavy atom. The number of fused-ring (bicyclic) bond motifs is 1. The van der Waals surface area contributed by atoms with Gasteiger partial charge in [0.25, 0.3) is 0 Å². The van der Waals surface area contributed by atoms with Crippen LogP contribution in [-0.4, -0.2) is 5.11 Å². The second-order valence-corrected chi connectivity index (χ2v) is 5.07. The van der Waals surface area contributed by atoms with Crippen molar-refractivity contribution in [2.24, 2.45) is 0 Å². The Morgan fingerprint density at radius 1 is 0.882 bits per heavy atom. The van der Waals surface area contributed by atoms with Crippen LogP contribution in [0, 0.1) is 0 Å². The van der Waals surface area contributed by atoms with Gasteiger partial charge < -0.3 is 5.11 Å². The molecule has 1 N–H and O–H groups in total. The molecule has 0 saturated heterocycles. The Kier molecular flexibility index (Phi) is 2.75. The minimum atomic E-state index is -0.498. The number of benzene rings is 2. The Bertz CT molecular complexity index is 560. The molecule has 3 rings (SSSR count). The summed E-state index contributed by atoms with van der Waals surface area (Å²) in [5.74, 6) is 0. The van der Waals surface area contributed by atoms with E-state index in [1.807, 2.05) is 42.5 Å². The molecule has 84 valence electrons. The lowest BCUT2D eigenvalue weighted by atomic mass is 10.1.